The lowest BCUT2D eigenvalue weighted by Gasteiger charge is -2.22. The summed E-state index contributed by atoms with van der Waals surface area (Å²) in [5.41, 5.74) is 1.21. The van der Waals surface area contributed by atoms with E-state index in [9.17, 15) is 9.18 Å². The van der Waals surface area contributed by atoms with E-state index >= 15 is 0 Å². The minimum Gasteiger partial charge on any atom is -0.489 e. The first-order valence-corrected chi connectivity index (χ1v) is 9.58. The molecule has 3 aromatic rings. The van der Waals surface area contributed by atoms with Crippen LogP contribution in [0.4, 0.5) is 10.1 Å². The molecule has 0 aliphatic heterocycles. The Labute approximate surface area is 173 Å². The van der Waals surface area contributed by atoms with Crippen LogP contribution in [0.25, 0.3) is 0 Å². The van der Waals surface area contributed by atoms with Crippen molar-refractivity contribution in [2.24, 2.45) is 11.8 Å². The maximum Gasteiger partial charge on any atom is 0.245 e. The van der Waals surface area contributed by atoms with Gasteiger partial charge in [0, 0.05) is 11.6 Å². The standard InChI is InChI=1S/C22H22FN5O2/c1-14-20(12-26-15(2)27-14)30-13-22(16-5-3-6-17(23)9-16)10-19(22)21(29)28(24)18-7-4-8-25-11-18/h3-9,11-12,19H,10,13,24H2,1-2H3. The van der Waals surface area contributed by atoms with E-state index < -0.39 is 11.3 Å². The normalized spacial score (nSPS) is 19.9. The lowest BCUT2D eigenvalue weighted by molar-refractivity contribution is -0.120. The van der Waals surface area contributed by atoms with Gasteiger partial charge in [0.15, 0.2) is 5.75 Å². The maximum absolute atomic E-state index is 14.0. The predicted molar refractivity (Wildman–Crippen MR) is 109 cm³/mol. The van der Waals surface area contributed by atoms with Gasteiger partial charge in [-0.05, 0) is 50.1 Å². The summed E-state index contributed by atoms with van der Waals surface area (Å²) in [5, 5.41) is 1.10. The first-order chi connectivity index (χ1) is 14.4. The Balaban J connectivity index is 1.61. The summed E-state index contributed by atoms with van der Waals surface area (Å²) in [6.07, 6.45) is 5.24. The summed E-state index contributed by atoms with van der Waals surface area (Å²) >= 11 is 0. The second-order valence-corrected chi connectivity index (χ2v) is 7.50. The monoisotopic (exact) mass is 407 g/mol. The van der Waals surface area contributed by atoms with Crippen molar-refractivity contribution in [3.63, 3.8) is 0 Å². The van der Waals surface area contributed by atoms with Crippen LogP contribution in [0.5, 0.6) is 5.75 Å². The van der Waals surface area contributed by atoms with Gasteiger partial charge in [-0.15, -0.1) is 0 Å². The summed E-state index contributed by atoms with van der Waals surface area (Å²) in [6.45, 7) is 3.81. The second kappa shape index (κ2) is 7.79. The Hall–Kier alpha value is -3.39. The zero-order valence-corrected chi connectivity index (χ0v) is 16.7. The zero-order chi connectivity index (χ0) is 21.3. The van der Waals surface area contributed by atoms with E-state index in [0.29, 0.717) is 34.9 Å². The molecule has 2 heterocycles. The van der Waals surface area contributed by atoms with Crippen LogP contribution in [-0.2, 0) is 10.2 Å². The number of carbonyl (C=O) groups excluding carboxylic acids is 1. The number of nitrogens with two attached hydrogens (primary N) is 1. The summed E-state index contributed by atoms with van der Waals surface area (Å²) in [5.74, 6) is 6.16. The predicted octanol–water partition coefficient (Wildman–Crippen LogP) is 2.87. The molecule has 1 fully saturated rings. The Morgan fingerprint density at radius 3 is 2.83 bits per heavy atom. The molecule has 2 N–H and O–H groups in total. The largest absolute Gasteiger partial charge is 0.489 e. The van der Waals surface area contributed by atoms with Crippen LogP contribution in [0.15, 0.2) is 55.0 Å². The lowest BCUT2D eigenvalue weighted by Crippen LogP contribution is -2.41. The number of hydrogen-bond donors (Lipinski definition) is 1. The van der Waals surface area contributed by atoms with Gasteiger partial charge >= 0.3 is 0 Å². The molecule has 30 heavy (non-hydrogen) atoms. The Morgan fingerprint density at radius 1 is 1.30 bits per heavy atom. The van der Waals surface area contributed by atoms with E-state index in [2.05, 4.69) is 15.0 Å². The van der Waals surface area contributed by atoms with Gasteiger partial charge in [0.2, 0.25) is 5.91 Å². The highest BCUT2D eigenvalue weighted by Gasteiger charge is 2.61. The molecule has 4 rings (SSSR count). The molecule has 0 spiro atoms. The SMILES string of the molecule is Cc1ncc(OCC2(c3cccc(F)c3)CC2C(=O)N(N)c2cccnc2)c(C)n1. The van der Waals surface area contributed by atoms with Crippen molar-refractivity contribution in [1.29, 1.82) is 0 Å². The molecule has 0 saturated heterocycles. The molecule has 2 atom stereocenters. The van der Waals surface area contributed by atoms with Crippen molar-refractivity contribution >= 4 is 11.6 Å². The molecule has 8 heteroatoms. The molecule has 2 aromatic heterocycles. The van der Waals surface area contributed by atoms with Crippen LogP contribution in [0.2, 0.25) is 0 Å². The highest BCUT2D eigenvalue weighted by molar-refractivity contribution is 5.97. The summed E-state index contributed by atoms with van der Waals surface area (Å²) in [6, 6.07) is 9.68. The number of hydrogen-bond acceptors (Lipinski definition) is 6. The quantitative estimate of drug-likeness (QED) is 0.384. The highest BCUT2D eigenvalue weighted by atomic mass is 19.1. The molecule has 1 aliphatic rings. The van der Waals surface area contributed by atoms with Crippen molar-refractivity contribution in [1.82, 2.24) is 15.0 Å². The minimum absolute atomic E-state index is 0.182. The smallest absolute Gasteiger partial charge is 0.245 e. The third-order valence-corrected chi connectivity index (χ3v) is 5.47. The number of pyridine rings is 1. The Bertz CT molecular complexity index is 1080. The van der Waals surface area contributed by atoms with Gasteiger partial charge < -0.3 is 4.74 Å². The van der Waals surface area contributed by atoms with Crippen LogP contribution in [0.3, 0.4) is 0 Å². The number of aryl methyl sites for hydroxylation is 2. The third-order valence-electron chi connectivity index (χ3n) is 5.47. The third kappa shape index (κ3) is 3.73. The molecule has 1 saturated carbocycles. The topological polar surface area (TPSA) is 94.2 Å². The average molecular weight is 407 g/mol. The van der Waals surface area contributed by atoms with E-state index in [-0.39, 0.29) is 18.3 Å². The zero-order valence-electron chi connectivity index (χ0n) is 16.7. The molecule has 7 nitrogen and oxygen atoms in total. The van der Waals surface area contributed by atoms with Crippen LogP contribution in [0, 0.1) is 25.6 Å². The molecule has 1 aromatic carbocycles. The molecular weight excluding hydrogens is 385 g/mol. The molecule has 0 bridgehead atoms. The van der Waals surface area contributed by atoms with Gasteiger partial charge in [-0.3, -0.25) is 9.78 Å². The van der Waals surface area contributed by atoms with Crippen molar-refractivity contribution in [3.05, 3.63) is 77.9 Å². The van der Waals surface area contributed by atoms with Crippen molar-refractivity contribution in [2.45, 2.75) is 25.7 Å². The number of hydrazine groups is 1. The fraction of sp³-hybridized carbons (Fsp3) is 0.273. The molecule has 1 aliphatic carbocycles. The number of carbonyl (C=O) groups is 1. The van der Waals surface area contributed by atoms with E-state index in [1.165, 1.54) is 18.3 Å². The minimum atomic E-state index is -0.684. The highest BCUT2D eigenvalue weighted by Crippen LogP contribution is 2.55. The Morgan fingerprint density at radius 2 is 2.13 bits per heavy atom. The summed E-state index contributed by atoms with van der Waals surface area (Å²) < 4.78 is 20.0. The second-order valence-electron chi connectivity index (χ2n) is 7.50. The average Bonchev–Trinajstić information content (AvgIpc) is 3.48. The van der Waals surface area contributed by atoms with Gasteiger partial charge in [-0.2, -0.15) is 0 Å². The van der Waals surface area contributed by atoms with E-state index in [1.807, 2.05) is 13.0 Å². The molecule has 2 unspecified atom stereocenters. The number of ether oxygens (including phenoxy) is 1. The van der Waals surface area contributed by atoms with Gasteiger partial charge in [0.25, 0.3) is 0 Å². The van der Waals surface area contributed by atoms with Gasteiger partial charge in [-0.1, -0.05) is 12.1 Å². The number of nitrogens with zero attached hydrogens (tertiary/aromatic N) is 4. The van der Waals surface area contributed by atoms with Crippen LogP contribution >= 0.6 is 0 Å². The van der Waals surface area contributed by atoms with E-state index in [4.69, 9.17) is 10.6 Å². The van der Waals surface area contributed by atoms with E-state index in [1.54, 1.807) is 37.5 Å². The number of anilines is 1. The maximum atomic E-state index is 14.0. The number of aromatic nitrogens is 3. The van der Waals surface area contributed by atoms with Gasteiger partial charge in [0.05, 0.1) is 36.3 Å². The van der Waals surface area contributed by atoms with Gasteiger partial charge in [0.1, 0.15) is 11.6 Å². The molecular formula is C22H22FN5O2. The number of benzene rings is 1. The van der Waals surface area contributed by atoms with Crippen LogP contribution in [0.1, 0.15) is 23.5 Å². The first-order valence-electron chi connectivity index (χ1n) is 9.58. The van der Waals surface area contributed by atoms with Gasteiger partial charge in [-0.25, -0.2) is 25.2 Å². The van der Waals surface area contributed by atoms with Crippen molar-refractivity contribution in [3.8, 4) is 5.75 Å². The van der Waals surface area contributed by atoms with Crippen molar-refractivity contribution in [2.75, 3.05) is 11.6 Å². The Kier molecular flexibility index (Phi) is 5.17. The number of halogens is 1. The first kappa shape index (κ1) is 19.9. The molecule has 0 radical (unpaired) electrons. The molecule has 154 valence electrons. The fourth-order valence-electron chi connectivity index (χ4n) is 3.70. The number of rotatable bonds is 6. The summed E-state index contributed by atoms with van der Waals surface area (Å²) in [7, 11) is 0. The van der Waals surface area contributed by atoms with E-state index in [0.717, 1.165) is 5.01 Å². The fourth-order valence-corrected chi connectivity index (χ4v) is 3.70. The number of amides is 1. The molecule has 1 amide bonds. The summed E-state index contributed by atoms with van der Waals surface area (Å²) in [4.78, 5) is 25.6. The lowest BCUT2D eigenvalue weighted by atomic mass is 9.93. The van der Waals surface area contributed by atoms with Crippen LogP contribution < -0.4 is 15.6 Å². The van der Waals surface area contributed by atoms with Crippen LogP contribution in [-0.4, -0.2) is 27.5 Å². The van der Waals surface area contributed by atoms with Crippen molar-refractivity contribution < 1.29 is 13.9 Å².